The standard InChI is InChI=1S/C11H12N4O2/c1-15-13-11(12-14-15)10(16)8-17-7-9-5-3-2-4-6-9/h2-6H,7-8H2,1H3. The fourth-order valence-electron chi connectivity index (χ4n) is 1.30. The molecule has 17 heavy (non-hydrogen) atoms. The van der Waals surface area contributed by atoms with Crippen LogP contribution in [-0.2, 0) is 18.4 Å². The third kappa shape index (κ3) is 3.18. The molecule has 0 spiro atoms. The van der Waals surface area contributed by atoms with Gasteiger partial charge >= 0.3 is 0 Å². The molecule has 0 aliphatic rings. The lowest BCUT2D eigenvalue weighted by atomic mass is 10.2. The molecular weight excluding hydrogens is 220 g/mol. The average Bonchev–Trinajstić information content (AvgIpc) is 2.77. The highest BCUT2D eigenvalue weighted by Crippen LogP contribution is 2.01. The molecule has 0 fully saturated rings. The van der Waals surface area contributed by atoms with Gasteiger partial charge in [-0.3, -0.25) is 4.79 Å². The molecule has 0 saturated carbocycles. The van der Waals surface area contributed by atoms with Crippen molar-refractivity contribution < 1.29 is 9.53 Å². The molecule has 1 aromatic heterocycles. The highest BCUT2D eigenvalue weighted by atomic mass is 16.5. The number of rotatable bonds is 5. The van der Waals surface area contributed by atoms with Crippen LogP contribution in [0.1, 0.15) is 16.2 Å². The molecule has 0 N–H and O–H groups in total. The van der Waals surface area contributed by atoms with E-state index < -0.39 is 0 Å². The molecule has 0 aliphatic heterocycles. The summed E-state index contributed by atoms with van der Waals surface area (Å²) in [5.74, 6) is -0.186. The smallest absolute Gasteiger partial charge is 0.242 e. The maximum atomic E-state index is 11.5. The molecule has 6 nitrogen and oxygen atoms in total. The third-order valence-electron chi connectivity index (χ3n) is 2.10. The Labute approximate surface area is 98.2 Å². The van der Waals surface area contributed by atoms with Crippen LogP contribution in [0.5, 0.6) is 0 Å². The van der Waals surface area contributed by atoms with E-state index in [0.29, 0.717) is 6.61 Å². The van der Waals surface area contributed by atoms with Gasteiger partial charge < -0.3 is 4.74 Å². The molecule has 0 amide bonds. The number of aromatic nitrogens is 4. The molecule has 88 valence electrons. The Kier molecular flexibility index (Phi) is 3.56. The number of hydrogen-bond acceptors (Lipinski definition) is 5. The summed E-state index contributed by atoms with van der Waals surface area (Å²) in [6.07, 6.45) is 0. The SMILES string of the molecule is Cn1nnc(C(=O)COCc2ccccc2)n1. The lowest BCUT2D eigenvalue weighted by Crippen LogP contribution is -2.11. The number of carbonyl (C=O) groups is 1. The van der Waals surface area contributed by atoms with Gasteiger partial charge in [-0.25, -0.2) is 0 Å². The first-order valence-corrected chi connectivity index (χ1v) is 5.14. The lowest BCUT2D eigenvalue weighted by molar-refractivity contribution is 0.0716. The fraction of sp³-hybridized carbons (Fsp3) is 0.273. The predicted octanol–water partition coefficient (Wildman–Crippen LogP) is 0.610. The Hall–Kier alpha value is -2.08. The number of ketones is 1. The van der Waals surface area contributed by atoms with Crippen molar-refractivity contribution in [2.75, 3.05) is 6.61 Å². The van der Waals surface area contributed by atoms with Gasteiger partial charge in [0.15, 0.2) is 0 Å². The maximum Gasteiger partial charge on any atom is 0.242 e. The second-order valence-corrected chi connectivity index (χ2v) is 3.50. The minimum Gasteiger partial charge on any atom is -0.368 e. The zero-order valence-corrected chi connectivity index (χ0v) is 9.41. The van der Waals surface area contributed by atoms with E-state index in [1.165, 1.54) is 4.80 Å². The normalized spacial score (nSPS) is 10.4. The Balaban J connectivity index is 1.81. The molecule has 0 radical (unpaired) electrons. The van der Waals surface area contributed by atoms with Gasteiger partial charge in [-0.1, -0.05) is 30.3 Å². The summed E-state index contributed by atoms with van der Waals surface area (Å²) in [6, 6.07) is 9.64. The Morgan fingerprint density at radius 3 is 2.76 bits per heavy atom. The maximum absolute atomic E-state index is 11.5. The number of tetrazole rings is 1. The molecule has 0 bridgehead atoms. The quantitative estimate of drug-likeness (QED) is 0.706. The van der Waals surface area contributed by atoms with Crippen molar-refractivity contribution in [1.29, 1.82) is 0 Å². The highest BCUT2D eigenvalue weighted by Gasteiger charge is 2.11. The molecule has 6 heteroatoms. The van der Waals surface area contributed by atoms with Crippen LogP contribution in [0.15, 0.2) is 30.3 Å². The molecule has 0 aliphatic carbocycles. The average molecular weight is 232 g/mol. The minimum absolute atomic E-state index is 0.0411. The van der Waals surface area contributed by atoms with Crippen molar-refractivity contribution in [2.24, 2.45) is 7.05 Å². The van der Waals surface area contributed by atoms with Crippen molar-refractivity contribution in [3.63, 3.8) is 0 Å². The first-order valence-electron chi connectivity index (χ1n) is 5.14. The molecule has 0 saturated heterocycles. The van der Waals surface area contributed by atoms with Crippen LogP contribution in [0, 0.1) is 0 Å². The second kappa shape index (κ2) is 5.31. The van der Waals surface area contributed by atoms with E-state index in [0.717, 1.165) is 5.56 Å². The molecule has 0 atom stereocenters. The van der Waals surface area contributed by atoms with Crippen LogP contribution < -0.4 is 0 Å². The van der Waals surface area contributed by atoms with E-state index in [-0.39, 0.29) is 18.2 Å². The van der Waals surface area contributed by atoms with Gasteiger partial charge in [-0.05, 0) is 10.8 Å². The summed E-state index contributed by atoms with van der Waals surface area (Å²) in [4.78, 5) is 12.8. The zero-order valence-electron chi connectivity index (χ0n) is 9.41. The van der Waals surface area contributed by atoms with Gasteiger partial charge in [0.2, 0.25) is 11.6 Å². The number of carbonyl (C=O) groups excluding carboxylic acids is 1. The fourth-order valence-corrected chi connectivity index (χ4v) is 1.30. The van der Waals surface area contributed by atoms with E-state index >= 15 is 0 Å². The van der Waals surface area contributed by atoms with Gasteiger partial charge in [0.05, 0.1) is 13.7 Å². The topological polar surface area (TPSA) is 69.9 Å². The van der Waals surface area contributed by atoms with Crippen molar-refractivity contribution >= 4 is 5.78 Å². The minimum atomic E-state index is -0.269. The summed E-state index contributed by atoms with van der Waals surface area (Å²) >= 11 is 0. The number of ether oxygens (including phenoxy) is 1. The highest BCUT2D eigenvalue weighted by molar-refractivity contribution is 5.93. The van der Waals surface area contributed by atoms with E-state index in [4.69, 9.17) is 4.74 Å². The van der Waals surface area contributed by atoms with Crippen molar-refractivity contribution in [1.82, 2.24) is 20.2 Å². The molecule has 1 aromatic carbocycles. The van der Waals surface area contributed by atoms with E-state index in [1.54, 1.807) is 7.05 Å². The predicted molar refractivity (Wildman–Crippen MR) is 59.2 cm³/mol. The van der Waals surface area contributed by atoms with Gasteiger partial charge in [-0.15, -0.1) is 10.2 Å². The van der Waals surface area contributed by atoms with Gasteiger partial charge in [0, 0.05) is 0 Å². The van der Waals surface area contributed by atoms with Gasteiger partial charge in [0.1, 0.15) is 6.61 Å². The van der Waals surface area contributed by atoms with Crippen molar-refractivity contribution in [2.45, 2.75) is 6.61 Å². The van der Waals surface area contributed by atoms with Crippen molar-refractivity contribution in [3.05, 3.63) is 41.7 Å². The number of aryl methyl sites for hydroxylation is 1. The summed E-state index contributed by atoms with van der Waals surface area (Å²) in [5, 5.41) is 11.0. The number of nitrogens with zero attached hydrogens (tertiary/aromatic N) is 4. The molecular formula is C11H12N4O2. The van der Waals surface area contributed by atoms with Gasteiger partial charge in [-0.2, -0.15) is 4.80 Å². The molecule has 2 rings (SSSR count). The van der Waals surface area contributed by atoms with E-state index in [2.05, 4.69) is 15.4 Å². The number of hydrogen-bond donors (Lipinski definition) is 0. The Morgan fingerprint density at radius 2 is 2.12 bits per heavy atom. The van der Waals surface area contributed by atoms with Crippen LogP contribution in [-0.4, -0.2) is 32.6 Å². The summed E-state index contributed by atoms with van der Waals surface area (Å²) < 4.78 is 5.28. The van der Waals surface area contributed by atoms with Crippen LogP contribution in [0.2, 0.25) is 0 Å². The van der Waals surface area contributed by atoms with Gasteiger partial charge in [0.25, 0.3) is 0 Å². The van der Waals surface area contributed by atoms with Crippen LogP contribution in [0.3, 0.4) is 0 Å². The molecule has 0 unspecified atom stereocenters. The van der Waals surface area contributed by atoms with Crippen LogP contribution in [0.4, 0.5) is 0 Å². The van der Waals surface area contributed by atoms with Crippen LogP contribution >= 0.6 is 0 Å². The monoisotopic (exact) mass is 232 g/mol. The van der Waals surface area contributed by atoms with Crippen LogP contribution in [0.25, 0.3) is 0 Å². The van der Waals surface area contributed by atoms with E-state index in [9.17, 15) is 4.79 Å². The summed E-state index contributed by atoms with van der Waals surface area (Å²) in [7, 11) is 1.61. The number of Topliss-reactive ketones (excluding diaryl/α,β-unsaturated/α-hetero) is 1. The summed E-state index contributed by atoms with van der Waals surface area (Å²) in [6.45, 7) is 0.355. The number of benzene rings is 1. The first-order chi connectivity index (χ1) is 8.25. The molecule has 1 heterocycles. The third-order valence-corrected chi connectivity index (χ3v) is 2.10. The van der Waals surface area contributed by atoms with Crippen molar-refractivity contribution in [3.8, 4) is 0 Å². The molecule has 2 aromatic rings. The second-order valence-electron chi connectivity index (χ2n) is 3.50. The zero-order chi connectivity index (χ0) is 12.1. The Bertz CT molecular complexity index is 495. The largest absolute Gasteiger partial charge is 0.368 e. The Morgan fingerprint density at radius 1 is 1.35 bits per heavy atom. The first kappa shape index (κ1) is 11.4. The lowest BCUT2D eigenvalue weighted by Gasteiger charge is -2.01. The summed E-state index contributed by atoms with van der Waals surface area (Å²) in [5.41, 5.74) is 1.02. The van der Waals surface area contributed by atoms with E-state index in [1.807, 2.05) is 30.3 Å².